The number of esters is 3. The minimum Gasteiger partial charge on any atom is -0.462 e. The second kappa shape index (κ2) is 18.3. The van der Waals surface area contributed by atoms with Gasteiger partial charge in [-0.25, -0.2) is 9.59 Å². The van der Waals surface area contributed by atoms with E-state index >= 15 is 0 Å². The van der Waals surface area contributed by atoms with Crippen LogP contribution in [-0.2, 0) is 36.6 Å². The van der Waals surface area contributed by atoms with Crippen LogP contribution in [0.25, 0.3) is 0 Å². The quantitative estimate of drug-likeness (QED) is 0.0943. The summed E-state index contributed by atoms with van der Waals surface area (Å²) in [7, 11) is 0. The normalized spacial score (nSPS) is 16.9. The van der Waals surface area contributed by atoms with Gasteiger partial charge in [0.1, 0.15) is 11.2 Å². The van der Waals surface area contributed by atoms with Gasteiger partial charge in [-0.2, -0.15) is 0 Å². The van der Waals surface area contributed by atoms with Gasteiger partial charge < -0.3 is 24.8 Å². The predicted molar refractivity (Wildman–Crippen MR) is 206 cm³/mol. The zero-order valence-electron chi connectivity index (χ0n) is 30.8. The van der Waals surface area contributed by atoms with Crippen molar-refractivity contribution in [2.45, 2.75) is 81.8 Å². The molecule has 0 amide bonds. The molecule has 2 saturated heterocycles. The zero-order valence-corrected chi connectivity index (χ0v) is 30.8. The van der Waals surface area contributed by atoms with E-state index in [9.17, 15) is 14.4 Å². The fraction of sp³-hybridized carbons (Fsp3) is 0.400. The molecule has 0 saturated carbocycles. The van der Waals surface area contributed by atoms with Crippen molar-refractivity contribution in [2.75, 3.05) is 32.8 Å². The number of ether oxygens (including phenoxy) is 3. The summed E-state index contributed by atoms with van der Waals surface area (Å²) in [5, 5.41) is 6.80. The number of rotatable bonds is 15. The minimum atomic E-state index is -0.856. The van der Waals surface area contributed by atoms with E-state index in [1.807, 2.05) is 31.2 Å². The third-order valence-corrected chi connectivity index (χ3v) is 10.8. The van der Waals surface area contributed by atoms with Crippen molar-refractivity contribution in [1.82, 2.24) is 10.6 Å². The second-order valence-corrected chi connectivity index (χ2v) is 14.3. The molecular weight excluding hydrogens is 665 g/mol. The summed E-state index contributed by atoms with van der Waals surface area (Å²) >= 11 is 0. The maximum absolute atomic E-state index is 13.8. The van der Waals surface area contributed by atoms with Crippen LogP contribution in [0.2, 0.25) is 0 Å². The molecule has 0 aromatic heterocycles. The summed E-state index contributed by atoms with van der Waals surface area (Å²) in [6.07, 6.45) is 6.11. The fourth-order valence-electron chi connectivity index (χ4n) is 7.73. The van der Waals surface area contributed by atoms with Gasteiger partial charge in [0.05, 0.1) is 17.7 Å². The maximum atomic E-state index is 13.8. The molecule has 53 heavy (non-hydrogen) atoms. The Morgan fingerprint density at radius 1 is 0.623 bits per heavy atom. The van der Waals surface area contributed by atoms with Gasteiger partial charge in [-0.3, -0.25) is 4.79 Å². The Morgan fingerprint density at radius 2 is 1.15 bits per heavy atom. The molecule has 278 valence electrons. The smallest absolute Gasteiger partial charge is 0.339 e. The average Bonchev–Trinajstić information content (AvgIpc) is 3.21. The van der Waals surface area contributed by atoms with Gasteiger partial charge in [-0.15, -0.1) is 0 Å². The molecule has 4 aromatic rings. The molecule has 2 N–H and O–H groups in total. The number of carbonyl (C=O) groups excluding carboxylic acids is 3. The van der Waals surface area contributed by atoms with Crippen molar-refractivity contribution < 1.29 is 28.6 Å². The third kappa shape index (κ3) is 9.61. The highest BCUT2D eigenvalue weighted by atomic mass is 16.6. The Morgan fingerprint density at radius 3 is 1.75 bits per heavy atom. The molecular formula is C45H52N2O6. The van der Waals surface area contributed by atoms with Gasteiger partial charge in [0.2, 0.25) is 0 Å². The van der Waals surface area contributed by atoms with Crippen LogP contribution < -0.4 is 10.6 Å². The standard InChI is InChI=1S/C45H52N2O6/c1-2-33-51-42(49)39-15-9-10-16-40(39)43(50)53-45(27-31-47-32-28-45)38-22-19-36(20-23-38)35(18-17-34-11-5-3-6-12-34)21-24-41(48)52-44(25-29-46-30-26-44)37-13-7-4-8-14-37/h3-16,19-20,22-23,35,46-47H,2,17-18,21,24-33H2,1H3. The number of hydrogen-bond donors (Lipinski definition) is 2. The number of piperidine rings is 2. The lowest BCUT2D eigenvalue weighted by Crippen LogP contribution is -2.43. The summed E-state index contributed by atoms with van der Waals surface area (Å²) < 4.78 is 18.1. The van der Waals surface area contributed by atoms with Crippen LogP contribution in [-0.4, -0.2) is 50.7 Å². The van der Waals surface area contributed by atoms with Gasteiger partial charge in [0.25, 0.3) is 0 Å². The van der Waals surface area contributed by atoms with E-state index in [4.69, 9.17) is 14.2 Å². The van der Waals surface area contributed by atoms with Crippen molar-refractivity contribution in [3.63, 3.8) is 0 Å². The molecule has 0 aliphatic carbocycles. The molecule has 6 rings (SSSR count). The van der Waals surface area contributed by atoms with Crippen molar-refractivity contribution in [2.24, 2.45) is 0 Å². The molecule has 2 aliphatic heterocycles. The summed E-state index contributed by atoms with van der Waals surface area (Å²) in [6, 6.07) is 35.7. The molecule has 8 nitrogen and oxygen atoms in total. The van der Waals surface area contributed by atoms with Crippen molar-refractivity contribution in [3.05, 3.63) is 143 Å². The van der Waals surface area contributed by atoms with Gasteiger partial charge >= 0.3 is 17.9 Å². The molecule has 2 heterocycles. The number of benzene rings is 4. The molecule has 0 bridgehead atoms. The largest absolute Gasteiger partial charge is 0.462 e. The molecule has 1 unspecified atom stereocenters. The number of hydrogen-bond acceptors (Lipinski definition) is 8. The van der Waals surface area contributed by atoms with Gasteiger partial charge in [-0.05, 0) is 92.2 Å². The lowest BCUT2D eigenvalue weighted by Gasteiger charge is -2.38. The van der Waals surface area contributed by atoms with E-state index < -0.39 is 23.1 Å². The van der Waals surface area contributed by atoms with Crippen LogP contribution in [0, 0.1) is 0 Å². The first-order chi connectivity index (χ1) is 25.9. The third-order valence-electron chi connectivity index (χ3n) is 10.8. The first kappa shape index (κ1) is 38.0. The Bertz CT molecular complexity index is 1780. The van der Waals surface area contributed by atoms with E-state index in [1.54, 1.807) is 24.3 Å². The monoisotopic (exact) mass is 716 g/mol. The van der Waals surface area contributed by atoms with Crippen LogP contribution in [0.5, 0.6) is 0 Å². The van der Waals surface area contributed by atoms with E-state index in [-0.39, 0.29) is 29.6 Å². The lowest BCUT2D eigenvalue weighted by molar-refractivity contribution is -0.164. The Hall–Kier alpha value is -4.79. The zero-order chi connectivity index (χ0) is 36.9. The van der Waals surface area contributed by atoms with Crippen molar-refractivity contribution in [1.29, 1.82) is 0 Å². The topological polar surface area (TPSA) is 103 Å². The molecule has 2 fully saturated rings. The van der Waals surface area contributed by atoms with Crippen LogP contribution in [0.3, 0.4) is 0 Å². The fourth-order valence-corrected chi connectivity index (χ4v) is 7.73. The molecule has 1 atom stereocenters. The molecule has 8 heteroatoms. The minimum absolute atomic E-state index is 0.116. The van der Waals surface area contributed by atoms with Crippen LogP contribution in [0.4, 0.5) is 0 Å². The van der Waals surface area contributed by atoms with E-state index in [0.29, 0.717) is 45.2 Å². The summed E-state index contributed by atoms with van der Waals surface area (Å²) in [5.41, 5.74) is 3.31. The van der Waals surface area contributed by atoms with Crippen LogP contribution >= 0.6 is 0 Å². The highest BCUT2D eigenvalue weighted by Gasteiger charge is 2.40. The highest BCUT2D eigenvalue weighted by Crippen LogP contribution is 2.39. The summed E-state index contributed by atoms with van der Waals surface area (Å²) in [5.74, 6) is -1.12. The van der Waals surface area contributed by atoms with Gasteiger partial charge in [0.15, 0.2) is 0 Å². The van der Waals surface area contributed by atoms with Crippen LogP contribution in [0.15, 0.2) is 109 Å². The Labute approximate surface area is 313 Å². The van der Waals surface area contributed by atoms with Crippen molar-refractivity contribution in [3.8, 4) is 0 Å². The SMILES string of the molecule is CCCOC(=O)c1ccccc1C(=O)OC1(c2ccc(C(CCC(=O)OC3(c4ccccc4)CCNCC3)CCc3ccccc3)cc2)CCNCC1. The van der Waals surface area contributed by atoms with E-state index in [0.717, 1.165) is 55.5 Å². The molecule has 2 aliphatic rings. The maximum Gasteiger partial charge on any atom is 0.339 e. The second-order valence-electron chi connectivity index (χ2n) is 14.3. The van der Waals surface area contributed by atoms with E-state index in [2.05, 4.69) is 71.3 Å². The predicted octanol–water partition coefficient (Wildman–Crippen LogP) is 8.01. The molecule has 0 spiro atoms. The lowest BCUT2D eigenvalue weighted by atomic mass is 9.82. The average molecular weight is 717 g/mol. The first-order valence-electron chi connectivity index (χ1n) is 19.2. The van der Waals surface area contributed by atoms with Crippen LogP contribution in [0.1, 0.15) is 107 Å². The molecule has 4 aromatic carbocycles. The number of aryl methyl sites for hydroxylation is 1. The number of carbonyl (C=O) groups is 3. The summed E-state index contributed by atoms with van der Waals surface area (Å²) in [4.78, 5) is 40.2. The summed E-state index contributed by atoms with van der Waals surface area (Å²) in [6.45, 7) is 5.20. The van der Waals surface area contributed by atoms with E-state index in [1.165, 1.54) is 5.56 Å². The van der Waals surface area contributed by atoms with Gasteiger partial charge in [0, 0.05) is 32.1 Å². The number of nitrogens with one attached hydrogen (secondary N) is 2. The molecule has 0 radical (unpaired) electrons. The first-order valence-corrected chi connectivity index (χ1v) is 19.2. The highest BCUT2D eigenvalue weighted by molar-refractivity contribution is 6.03. The van der Waals surface area contributed by atoms with Crippen molar-refractivity contribution >= 4 is 17.9 Å². The van der Waals surface area contributed by atoms with Gasteiger partial charge in [-0.1, -0.05) is 104 Å². The Kier molecular flexibility index (Phi) is 13.1. The Balaban J connectivity index is 1.20.